The first kappa shape index (κ1) is 14.1. The molecule has 0 radical (unpaired) electrons. The molecule has 6 heteroatoms. The van der Waals surface area contributed by atoms with E-state index in [1.54, 1.807) is 12.1 Å². The highest BCUT2D eigenvalue weighted by Crippen LogP contribution is 2.31. The number of nitro groups is 1. The number of benzene rings is 1. The Morgan fingerprint density at radius 3 is 2.88 bits per heavy atom. The first-order chi connectivity index (χ1) is 7.54. The van der Waals surface area contributed by atoms with Gasteiger partial charge in [0.05, 0.1) is 9.82 Å². The molecule has 0 N–H and O–H groups in total. The first-order valence-electron chi connectivity index (χ1n) is 4.67. The van der Waals surface area contributed by atoms with Gasteiger partial charge in [-0.15, -0.1) is 23.4 Å². The van der Waals surface area contributed by atoms with Crippen molar-refractivity contribution in [1.29, 1.82) is 0 Å². The van der Waals surface area contributed by atoms with E-state index in [0.717, 1.165) is 9.32 Å². The minimum atomic E-state index is -0.337. The quantitative estimate of drug-likeness (QED) is 0.256. The molecule has 16 heavy (non-hydrogen) atoms. The molecule has 1 rings (SSSR count). The second-order valence-corrected chi connectivity index (χ2v) is 6.06. The van der Waals surface area contributed by atoms with Crippen LogP contribution < -0.4 is 0 Å². The summed E-state index contributed by atoms with van der Waals surface area (Å²) < 4.78 is 0.874. The molecule has 1 unspecified atom stereocenters. The first-order valence-corrected chi connectivity index (χ1v) is 7.27. The molecular weight excluding hydrogens is 361 g/mol. The molecule has 0 fully saturated rings. The van der Waals surface area contributed by atoms with Crippen LogP contribution in [0.1, 0.15) is 6.92 Å². The zero-order valence-electron chi connectivity index (χ0n) is 8.65. The molecule has 1 aromatic carbocycles. The van der Waals surface area contributed by atoms with E-state index >= 15 is 0 Å². The van der Waals surface area contributed by atoms with Gasteiger partial charge in [-0.3, -0.25) is 10.1 Å². The lowest BCUT2D eigenvalue weighted by Gasteiger charge is -2.07. The third-order valence-electron chi connectivity index (χ3n) is 1.90. The van der Waals surface area contributed by atoms with E-state index in [1.165, 1.54) is 11.8 Å². The molecule has 0 heterocycles. The van der Waals surface area contributed by atoms with Crippen LogP contribution >= 0.6 is 46.0 Å². The number of nitrogens with zero attached hydrogens (tertiary/aromatic N) is 1. The fourth-order valence-electron chi connectivity index (χ4n) is 1.03. The van der Waals surface area contributed by atoms with Crippen LogP contribution in [0.5, 0.6) is 0 Å². The van der Waals surface area contributed by atoms with Gasteiger partial charge in [-0.2, -0.15) is 0 Å². The van der Waals surface area contributed by atoms with Crippen LogP contribution in [0.4, 0.5) is 5.69 Å². The van der Waals surface area contributed by atoms with Gasteiger partial charge in [0.2, 0.25) is 0 Å². The summed E-state index contributed by atoms with van der Waals surface area (Å²) in [5, 5.41) is 10.9. The van der Waals surface area contributed by atoms with Gasteiger partial charge in [-0.25, -0.2) is 0 Å². The predicted octanol–water partition coefficient (Wildman–Crippen LogP) is 4.17. The summed E-state index contributed by atoms with van der Waals surface area (Å²) in [6.45, 7) is 2.03. The molecule has 1 aromatic rings. The van der Waals surface area contributed by atoms with Crippen molar-refractivity contribution in [2.45, 2.75) is 11.8 Å². The van der Waals surface area contributed by atoms with Gasteiger partial charge in [0.15, 0.2) is 0 Å². The Bertz CT molecular complexity index is 389. The molecule has 88 valence electrons. The molecule has 0 aliphatic rings. The van der Waals surface area contributed by atoms with Crippen LogP contribution in [0.15, 0.2) is 23.1 Å². The van der Waals surface area contributed by atoms with E-state index in [1.807, 2.05) is 13.0 Å². The van der Waals surface area contributed by atoms with Gasteiger partial charge in [-0.05, 0) is 40.6 Å². The number of alkyl halides is 1. The van der Waals surface area contributed by atoms with Gasteiger partial charge in [-0.1, -0.05) is 6.92 Å². The fraction of sp³-hybridized carbons (Fsp3) is 0.400. The highest BCUT2D eigenvalue weighted by atomic mass is 127. The number of halogens is 2. The van der Waals surface area contributed by atoms with Crippen molar-refractivity contribution < 1.29 is 4.92 Å². The number of rotatable bonds is 5. The smallest absolute Gasteiger partial charge is 0.258 e. The molecule has 0 bridgehead atoms. The molecule has 0 aliphatic heterocycles. The molecule has 0 aromatic heterocycles. The number of thioether (sulfide) groups is 1. The van der Waals surface area contributed by atoms with Crippen LogP contribution in [-0.2, 0) is 0 Å². The second-order valence-electron chi connectivity index (χ2n) is 3.44. The largest absolute Gasteiger partial charge is 0.283 e. The molecule has 0 saturated heterocycles. The van der Waals surface area contributed by atoms with Gasteiger partial charge >= 0.3 is 0 Å². The Morgan fingerprint density at radius 2 is 2.31 bits per heavy atom. The Balaban J connectivity index is 2.82. The maximum atomic E-state index is 10.9. The fourth-order valence-corrected chi connectivity index (χ4v) is 2.77. The van der Waals surface area contributed by atoms with Crippen molar-refractivity contribution in [2.75, 3.05) is 11.6 Å². The second kappa shape index (κ2) is 6.66. The molecule has 3 nitrogen and oxygen atoms in total. The minimum Gasteiger partial charge on any atom is -0.258 e. The summed E-state index contributed by atoms with van der Waals surface area (Å²) in [4.78, 5) is 11.2. The van der Waals surface area contributed by atoms with Crippen LogP contribution in [0.3, 0.4) is 0 Å². The van der Waals surface area contributed by atoms with E-state index < -0.39 is 0 Å². The topological polar surface area (TPSA) is 43.1 Å². The van der Waals surface area contributed by atoms with E-state index in [4.69, 9.17) is 11.6 Å². The van der Waals surface area contributed by atoms with E-state index in [9.17, 15) is 10.1 Å². The standard InChI is InChI=1S/C10H11ClINO2S/c1-7(5-11)6-16-10-3-2-8(12)4-9(10)13(14)15/h2-4,7H,5-6H2,1H3. The minimum absolute atomic E-state index is 0.179. The van der Waals surface area contributed by atoms with Gasteiger partial charge in [0.1, 0.15) is 0 Å². The SMILES string of the molecule is CC(CCl)CSc1ccc(I)cc1[N+](=O)[O-]. The molecule has 1 atom stereocenters. The maximum absolute atomic E-state index is 10.9. The Morgan fingerprint density at radius 1 is 1.62 bits per heavy atom. The van der Waals surface area contributed by atoms with E-state index in [-0.39, 0.29) is 10.6 Å². The summed E-state index contributed by atoms with van der Waals surface area (Å²) >= 11 is 9.25. The average Bonchev–Trinajstić information content (AvgIpc) is 2.26. The van der Waals surface area contributed by atoms with Gasteiger partial charge in [0, 0.05) is 21.3 Å². The zero-order chi connectivity index (χ0) is 12.1. The van der Waals surface area contributed by atoms with Crippen molar-refractivity contribution in [3.8, 4) is 0 Å². The number of hydrogen-bond donors (Lipinski definition) is 0. The molecular formula is C10H11ClINO2S. The summed E-state index contributed by atoms with van der Waals surface area (Å²) in [6.07, 6.45) is 0. The van der Waals surface area contributed by atoms with Crippen LogP contribution in [-0.4, -0.2) is 16.6 Å². The highest BCUT2D eigenvalue weighted by molar-refractivity contribution is 14.1. The van der Waals surface area contributed by atoms with Crippen molar-refractivity contribution in [1.82, 2.24) is 0 Å². The van der Waals surface area contributed by atoms with Crippen LogP contribution in [0, 0.1) is 19.6 Å². The lowest BCUT2D eigenvalue weighted by Crippen LogP contribution is -2.00. The molecule has 0 saturated carbocycles. The highest BCUT2D eigenvalue weighted by Gasteiger charge is 2.15. The molecule has 0 spiro atoms. The molecule has 0 amide bonds. The Hall–Kier alpha value is -0.0100. The Labute approximate surface area is 117 Å². The summed E-state index contributed by atoms with van der Waals surface area (Å²) in [5.74, 6) is 1.72. The predicted molar refractivity (Wildman–Crippen MR) is 76.4 cm³/mol. The Kier molecular flexibility index (Phi) is 5.85. The normalized spacial score (nSPS) is 12.4. The average molecular weight is 372 g/mol. The van der Waals surface area contributed by atoms with Crippen molar-refractivity contribution in [3.05, 3.63) is 31.9 Å². The third kappa shape index (κ3) is 4.10. The summed E-state index contributed by atoms with van der Waals surface area (Å²) in [5.41, 5.74) is 0.179. The maximum Gasteiger partial charge on any atom is 0.283 e. The summed E-state index contributed by atoms with van der Waals surface area (Å²) in [6, 6.07) is 5.26. The van der Waals surface area contributed by atoms with Crippen molar-refractivity contribution in [2.24, 2.45) is 5.92 Å². The van der Waals surface area contributed by atoms with Gasteiger partial charge in [0.25, 0.3) is 5.69 Å². The molecule has 0 aliphatic carbocycles. The number of hydrogen-bond acceptors (Lipinski definition) is 3. The van der Waals surface area contributed by atoms with Gasteiger partial charge < -0.3 is 0 Å². The van der Waals surface area contributed by atoms with Crippen molar-refractivity contribution >= 4 is 51.6 Å². The van der Waals surface area contributed by atoms with Crippen molar-refractivity contribution in [3.63, 3.8) is 0 Å². The van der Waals surface area contributed by atoms with E-state index in [2.05, 4.69) is 22.6 Å². The van der Waals surface area contributed by atoms with Crippen LogP contribution in [0.25, 0.3) is 0 Å². The summed E-state index contributed by atoms with van der Waals surface area (Å²) in [7, 11) is 0. The van der Waals surface area contributed by atoms with Crippen LogP contribution in [0.2, 0.25) is 0 Å². The third-order valence-corrected chi connectivity index (χ3v) is 4.49. The zero-order valence-corrected chi connectivity index (χ0v) is 12.4. The van der Waals surface area contributed by atoms with E-state index in [0.29, 0.717) is 16.7 Å². The monoisotopic (exact) mass is 371 g/mol. The number of nitro benzene ring substituents is 1. The lowest BCUT2D eigenvalue weighted by atomic mass is 10.3. The lowest BCUT2D eigenvalue weighted by molar-refractivity contribution is -0.387.